The molecule has 25 heavy (non-hydrogen) atoms. The highest BCUT2D eigenvalue weighted by Crippen LogP contribution is 2.65. The molecule has 6 heteroatoms. The van der Waals surface area contributed by atoms with Crippen molar-refractivity contribution in [3.8, 4) is 0 Å². The highest BCUT2D eigenvalue weighted by atomic mass is 16.2. The summed E-state index contributed by atoms with van der Waals surface area (Å²) in [6.07, 6.45) is 5.35. The van der Waals surface area contributed by atoms with Crippen molar-refractivity contribution in [2.75, 3.05) is 5.32 Å². The number of imide groups is 1. The summed E-state index contributed by atoms with van der Waals surface area (Å²) in [7, 11) is 0. The molecule has 5 aliphatic rings. The number of nitrogens with one attached hydrogen (secondary N) is 2. The largest absolute Gasteiger partial charge is 0.338 e. The van der Waals surface area contributed by atoms with E-state index in [1.165, 1.54) is 0 Å². The highest BCUT2D eigenvalue weighted by Gasteiger charge is 2.67. The number of aryl methyl sites for hydroxylation is 1. The van der Waals surface area contributed by atoms with Crippen molar-refractivity contribution in [2.45, 2.75) is 13.3 Å². The molecular weight excluding hydrogens is 318 g/mol. The van der Waals surface area contributed by atoms with Gasteiger partial charge in [-0.3, -0.25) is 9.59 Å². The van der Waals surface area contributed by atoms with Gasteiger partial charge in [-0.1, -0.05) is 29.8 Å². The van der Waals surface area contributed by atoms with Crippen molar-refractivity contribution in [3.63, 3.8) is 0 Å². The van der Waals surface area contributed by atoms with Crippen LogP contribution in [0.25, 0.3) is 0 Å². The molecular formula is C19H19N3O3. The van der Waals surface area contributed by atoms with E-state index in [9.17, 15) is 14.4 Å². The maximum Gasteiger partial charge on any atom is 0.338 e. The number of allylic oxidation sites excluding steroid dienone is 2. The van der Waals surface area contributed by atoms with Crippen LogP contribution in [0.5, 0.6) is 0 Å². The molecule has 0 spiro atoms. The van der Waals surface area contributed by atoms with Gasteiger partial charge in [0.05, 0.1) is 11.8 Å². The number of rotatable bonds is 2. The van der Waals surface area contributed by atoms with Crippen molar-refractivity contribution in [1.29, 1.82) is 0 Å². The number of nitrogens with zero attached hydrogens (tertiary/aromatic N) is 1. The van der Waals surface area contributed by atoms with E-state index in [-0.39, 0.29) is 35.5 Å². The van der Waals surface area contributed by atoms with Gasteiger partial charge in [-0.05, 0) is 49.1 Å². The first-order valence-corrected chi connectivity index (χ1v) is 8.75. The average Bonchev–Trinajstić information content (AvgIpc) is 3.38. The molecule has 2 N–H and O–H groups in total. The Morgan fingerprint density at radius 1 is 1.00 bits per heavy atom. The van der Waals surface area contributed by atoms with Crippen LogP contribution in [0.1, 0.15) is 12.0 Å². The lowest BCUT2D eigenvalue weighted by Crippen LogP contribution is -2.48. The van der Waals surface area contributed by atoms with Crippen LogP contribution in [0.3, 0.4) is 0 Å². The number of hydrazine groups is 1. The van der Waals surface area contributed by atoms with Gasteiger partial charge >= 0.3 is 6.03 Å². The molecule has 2 saturated carbocycles. The fraction of sp³-hybridized carbons (Fsp3) is 0.421. The summed E-state index contributed by atoms with van der Waals surface area (Å²) in [6, 6.07) is 6.74. The number of carbonyl (C=O) groups excluding carboxylic acids is 3. The van der Waals surface area contributed by atoms with Gasteiger partial charge in [0.1, 0.15) is 0 Å². The molecule has 6 unspecified atom stereocenters. The maximum absolute atomic E-state index is 12.8. The van der Waals surface area contributed by atoms with E-state index in [0.29, 0.717) is 17.5 Å². The van der Waals surface area contributed by atoms with Crippen molar-refractivity contribution in [1.82, 2.24) is 10.4 Å². The smallest absolute Gasteiger partial charge is 0.307 e. The zero-order valence-corrected chi connectivity index (χ0v) is 13.8. The number of urea groups is 1. The Morgan fingerprint density at radius 2 is 1.56 bits per heavy atom. The molecule has 128 valence electrons. The van der Waals surface area contributed by atoms with E-state index in [4.69, 9.17) is 0 Å². The fourth-order valence-electron chi connectivity index (χ4n) is 4.96. The molecule has 1 aromatic carbocycles. The first-order valence-electron chi connectivity index (χ1n) is 8.75. The van der Waals surface area contributed by atoms with Gasteiger partial charge in [0, 0.05) is 5.69 Å². The second kappa shape index (κ2) is 4.94. The van der Waals surface area contributed by atoms with E-state index in [0.717, 1.165) is 17.0 Å². The number of anilines is 1. The van der Waals surface area contributed by atoms with Gasteiger partial charge in [0.25, 0.3) is 11.8 Å². The number of amides is 4. The van der Waals surface area contributed by atoms with E-state index >= 15 is 0 Å². The molecule has 1 saturated heterocycles. The standard InChI is InChI=1S/C19H19N3O3/c1-9-2-4-10(5-3-9)20-19(25)21-22-17(23)15-11-6-7-12(14-8-13(11)14)16(15)18(22)24/h2-7,11-16H,8H2,1H3,(H2,20,21,25). The summed E-state index contributed by atoms with van der Waals surface area (Å²) in [5, 5.41) is 3.60. The van der Waals surface area contributed by atoms with E-state index < -0.39 is 6.03 Å². The minimum absolute atomic E-state index is 0.156. The number of carbonyl (C=O) groups is 3. The summed E-state index contributed by atoms with van der Waals surface area (Å²) >= 11 is 0. The van der Waals surface area contributed by atoms with Gasteiger partial charge in [-0.25, -0.2) is 10.2 Å². The highest BCUT2D eigenvalue weighted by molar-refractivity contribution is 6.07. The van der Waals surface area contributed by atoms with Crippen LogP contribution in [0.15, 0.2) is 36.4 Å². The fourth-order valence-corrected chi connectivity index (χ4v) is 4.96. The van der Waals surface area contributed by atoms with Crippen LogP contribution in [0.4, 0.5) is 10.5 Å². The first-order chi connectivity index (χ1) is 12.0. The van der Waals surface area contributed by atoms with E-state index in [1.807, 2.05) is 19.1 Å². The van der Waals surface area contributed by atoms with Crippen LogP contribution < -0.4 is 10.7 Å². The minimum atomic E-state index is -0.574. The lowest BCUT2D eigenvalue weighted by molar-refractivity contribution is -0.142. The molecule has 1 heterocycles. The normalized spacial score (nSPS) is 36.9. The zero-order chi connectivity index (χ0) is 17.3. The van der Waals surface area contributed by atoms with Gasteiger partial charge in [0.2, 0.25) is 0 Å². The van der Waals surface area contributed by atoms with Gasteiger partial charge in [-0.15, -0.1) is 0 Å². The molecule has 0 radical (unpaired) electrons. The topological polar surface area (TPSA) is 78.5 Å². The molecule has 1 aliphatic heterocycles. The molecule has 3 fully saturated rings. The molecule has 6 atom stereocenters. The van der Waals surface area contributed by atoms with Crippen molar-refractivity contribution < 1.29 is 14.4 Å². The second-order valence-corrected chi connectivity index (χ2v) is 7.60. The molecule has 2 bridgehead atoms. The predicted octanol–water partition coefficient (Wildman–Crippen LogP) is 2.08. The van der Waals surface area contributed by atoms with Gasteiger partial charge < -0.3 is 5.32 Å². The average molecular weight is 337 g/mol. The Hall–Kier alpha value is -2.63. The summed E-state index contributed by atoms with van der Waals surface area (Å²) in [5.74, 6) is 0.282. The minimum Gasteiger partial charge on any atom is -0.307 e. The molecule has 4 amide bonds. The zero-order valence-electron chi connectivity index (χ0n) is 13.8. The Kier molecular flexibility index (Phi) is 2.90. The summed E-state index contributed by atoms with van der Waals surface area (Å²) in [4.78, 5) is 37.7. The second-order valence-electron chi connectivity index (χ2n) is 7.60. The van der Waals surface area contributed by atoms with E-state index in [1.54, 1.807) is 12.1 Å². The molecule has 4 aliphatic carbocycles. The lowest BCUT2D eigenvalue weighted by Gasteiger charge is -2.37. The lowest BCUT2D eigenvalue weighted by atomic mass is 9.63. The third-order valence-corrected chi connectivity index (χ3v) is 6.19. The third-order valence-electron chi connectivity index (χ3n) is 6.19. The van der Waals surface area contributed by atoms with Crippen LogP contribution in [-0.2, 0) is 9.59 Å². The predicted molar refractivity (Wildman–Crippen MR) is 89.9 cm³/mol. The quantitative estimate of drug-likeness (QED) is 0.641. The molecule has 6 rings (SSSR count). The van der Waals surface area contributed by atoms with Crippen molar-refractivity contribution in [3.05, 3.63) is 42.0 Å². The van der Waals surface area contributed by atoms with Crippen LogP contribution in [0, 0.1) is 42.4 Å². The number of hydrogen-bond donors (Lipinski definition) is 2. The van der Waals surface area contributed by atoms with Crippen molar-refractivity contribution >= 4 is 23.5 Å². The third kappa shape index (κ3) is 2.06. The van der Waals surface area contributed by atoms with Crippen LogP contribution in [0.2, 0.25) is 0 Å². The van der Waals surface area contributed by atoms with Crippen molar-refractivity contribution in [2.24, 2.45) is 35.5 Å². The molecule has 0 aromatic heterocycles. The molecule has 1 aromatic rings. The van der Waals surface area contributed by atoms with E-state index in [2.05, 4.69) is 22.9 Å². The Balaban J connectivity index is 1.32. The number of benzene rings is 1. The van der Waals surface area contributed by atoms with Gasteiger partial charge in [-0.2, -0.15) is 5.01 Å². The van der Waals surface area contributed by atoms with Crippen LogP contribution in [-0.4, -0.2) is 22.9 Å². The Bertz CT molecular complexity index is 780. The van der Waals surface area contributed by atoms with Crippen LogP contribution >= 0.6 is 0 Å². The molecule has 6 nitrogen and oxygen atoms in total. The Labute approximate surface area is 145 Å². The monoisotopic (exact) mass is 337 g/mol. The SMILES string of the molecule is Cc1ccc(NC(=O)NN2C(=O)C3C4C=CC(C5CC45)C3C2=O)cc1. The Morgan fingerprint density at radius 3 is 2.12 bits per heavy atom. The maximum atomic E-state index is 12.8. The first kappa shape index (κ1) is 14.7. The van der Waals surface area contributed by atoms with Gasteiger partial charge in [0.15, 0.2) is 0 Å². The summed E-state index contributed by atoms with van der Waals surface area (Å²) in [5.41, 5.74) is 4.15. The number of hydrogen-bond acceptors (Lipinski definition) is 3. The summed E-state index contributed by atoms with van der Waals surface area (Å²) < 4.78 is 0. The summed E-state index contributed by atoms with van der Waals surface area (Å²) in [6.45, 7) is 1.96.